The van der Waals surface area contributed by atoms with Gasteiger partial charge in [0.15, 0.2) is 5.78 Å². The predicted octanol–water partition coefficient (Wildman–Crippen LogP) is 4.53. The number of hydrogen-bond acceptors (Lipinski definition) is 4. The van der Waals surface area contributed by atoms with Gasteiger partial charge in [0.1, 0.15) is 11.4 Å². The molecule has 0 unspecified atom stereocenters. The average molecular weight is 374 g/mol. The number of ether oxygens (including phenoxy) is 1. The molecule has 1 aromatic carbocycles. The summed E-state index contributed by atoms with van der Waals surface area (Å²) < 4.78 is 5.34. The summed E-state index contributed by atoms with van der Waals surface area (Å²) in [6, 6.07) is 2.66. The lowest BCUT2D eigenvalue weighted by Crippen LogP contribution is -2.43. The maximum atomic E-state index is 12.6. The zero-order chi connectivity index (χ0) is 18.1. The molecule has 1 N–H and O–H groups in total. The first-order valence-electron chi connectivity index (χ1n) is 7.78. The third kappa shape index (κ3) is 4.54. The zero-order valence-electron chi connectivity index (χ0n) is 13.9. The number of halogens is 2. The van der Waals surface area contributed by atoms with Crippen molar-refractivity contribution in [2.75, 3.05) is 13.1 Å². The van der Waals surface area contributed by atoms with Crippen LogP contribution < -0.4 is 0 Å². The predicted molar refractivity (Wildman–Crippen MR) is 93.0 cm³/mol. The molecule has 0 radical (unpaired) electrons. The summed E-state index contributed by atoms with van der Waals surface area (Å²) in [5.41, 5.74) is -0.379. The molecule has 1 aromatic rings. The number of nitrogens with zero attached hydrogens (tertiary/aromatic N) is 1. The molecule has 0 saturated carbocycles. The van der Waals surface area contributed by atoms with Crippen LogP contribution in [0.4, 0.5) is 4.79 Å². The van der Waals surface area contributed by atoms with Gasteiger partial charge in [0, 0.05) is 25.1 Å². The highest BCUT2D eigenvalue weighted by atomic mass is 35.5. The Morgan fingerprint density at radius 2 is 1.71 bits per heavy atom. The fourth-order valence-electron chi connectivity index (χ4n) is 2.60. The van der Waals surface area contributed by atoms with Gasteiger partial charge >= 0.3 is 6.09 Å². The molecule has 1 aliphatic heterocycles. The van der Waals surface area contributed by atoms with Gasteiger partial charge in [-0.2, -0.15) is 0 Å². The monoisotopic (exact) mass is 373 g/mol. The van der Waals surface area contributed by atoms with Crippen LogP contribution >= 0.6 is 23.2 Å². The highest BCUT2D eigenvalue weighted by Gasteiger charge is 2.31. The van der Waals surface area contributed by atoms with Gasteiger partial charge in [0.2, 0.25) is 0 Å². The molecule has 1 heterocycles. The van der Waals surface area contributed by atoms with Gasteiger partial charge < -0.3 is 14.7 Å². The van der Waals surface area contributed by atoms with Gasteiger partial charge in [-0.25, -0.2) is 4.79 Å². The van der Waals surface area contributed by atoms with Crippen LogP contribution in [0, 0.1) is 5.92 Å². The quantitative estimate of drug-likeness (QED) is 0.773. The van der Waals surface area contributed by atoms with Crippen LogP contribution in [0.1, 0.15) is 44.0 Å². The van der Waals surface area contributed by atoms with E-state index in [1.165, 1.54) is 12.1 Å². The number of likely N-dealkylation sites (tertiary alicyclic amines) is 1. The summed E-state index contributed by atoms with van der Waals surface area (Å²) in [5.74, 6) is -0.634. The van der Waals surface area contributed by atoms with E-state index in [1.807, 2.05) is 20.8 Å². The van der Waals surface area contributed by atoms with Gasteiger partial charge in [-0.05, 0) is 39.7 Å². The average Bonchev–Trinajstić information content (AvgIpc) is 2.49. The van der Waals surface area contributed by atoms with Crippen LogP contribution in [0.15, 0.2) is 12.1 Å². The van der Waals surface area contributed by atoms with Crippen molar-refractivity contribution in [1.82, 2.24) is 4.90 Å². The fraction of sp³-hybridized carbons (Fsp3) is 0.529. The molecule has 5 nitrogen and oxygen atoms in total. The number of carbonyl (C=O) groups excluding carboxylic acids is 2. The van der Waals surface area contributed by atoms with Crippen molar-refractivity contribution in [3.05, 3.63) is 27.7 Å². The Morgan fingerprint density at radius 1 is 1.17 bits per heavy atom. The maximum absolute atomic E-state index is 12.6. The molecule has 0 bridgehead atoms. The smallest absolute Gasteiger partial charge is 0.410 e. The van der Waals surface area contributed by atoms with E-state index in [9.17, 15) is 14.7 Å². The summed E-state index contributed by atoms with van der Waals surface area (Å²) in [6.45, 7) is 6.32. The number of piperidine rings is 1. The molecule has 1 fully saturated rings. The highest BCUT2D eigenvalue weighted by Crippen LogP contribution is 2.33. The normalized spacial score (nSPS) is 16.1. The van der Waals surface area contributed by atoms with E-state index in [2.05, 4.69) is 0 Å². The molecular weight excluding hydrogens is 353 g/mol. The maximum Gasteiger partial charge on any atom is 0.410 e. The number of ketones is 1. The van der Waals surface area contributed by atoms with Gasteiger partial charge in [-0.1, -0.05) is 23.2 Å². The van der Waals surface area contributed by atoms with E-state index < -0.39 is 5.60 Å². The summed E-state index contributed by atoms with van der Waals surface area (Å²) in [7, 11) is 0. The fourth-order valence-corrected chi connectivity index (χ4v) is 2.93. The van der Waals surface area contributed by atoms with Crippen LogP contribution in [-0.4, -0.2) is 40.6 Å². The van der Waals surface area contributed by atoms with E-state index in [-0.39, 0.29) is 39.2 Å². The number of amides is 1. The second-order valence-electron chi connectivity index (χ2n) is 6.89. The lowest BCUT2D eigenvalue weighted by Gasteiger charge is -2.33. The number of hydrogen-bond donors (Lipinski definition) is 1. The van der Waals surface area contributed by atoms with E-state index in [0.29, 0.717) is 25.9 Å². The molecule has 2 rings (SSSR count). The minimum absolute atomic E-state index is 0.167. The first-order chi connectivity index (χ1) is 11.1. The summed E-state index contributed by atoms with van der Waals surface area (Å²) in [6.07, 6.45) is 0.654. The SMILES string of the molecule is CC(C)(C)OC(=O)N1CCC(C(=O)c2cc(Cl)c(Cl)cc2O)CC1. The molecule has 1 saturated heterocycles. The molecule has 24 heavy (non-hydrogen) atoms. The third-order valence-corrected chi connectivity index (χ3v) is 4.54. The Balaban J connectivity index is 2.01. The minimum atomic E-state index is -0.546. The Bertz CT molecular complexity index is 647. The van der Waals surface area contributed by atoms with Gasteiger partial charge in [0.05, 0.1) is 15.6 Å². The van der Waals surface area contributed by atoms with Gasteiger partial charge in [0.25, 0.3) is 0 Å². The Hall–Kier alpha value is -1.46. The molecular formula is C17H21Cl2NO4. The van der Waals surface area contributed by atoms with Crippen LogP contribution in [0.3, 0.4) is 0 Å². The van der Waals surface area contributed by atoms with Crippen LogP contribution in [-0.2, 0) is 4.74 Å². The van der Waals surface area contributed by atoms with E-state index in [1.54, 1.807) is 4.90 Å². The Morgan fingerprint density at radius 3 is 2.25 bits per heavy atom. The number of rotatable bonds is 2. The lowest BCUT2D eigenvalue weighted by atomic mass is 9.88. The summed E-state index contributed by atoms with van der Waals surface area (Å²) in [4.78, 5) is 26.2. The number of benzene rings is 1. The number of phenols is 1. The van der Waals surface area contributed by atoms with Crippen molar-refractivity contribution < 1.29 is 19.4 Å². The van der Waals surface area contributed by atoms with Crippen molar-refractivity contribution in [3.63, 3.8) is 0 Å². The van der Waals surface area contributed by atoms with Crippen LogP contribution in [0.5, 0.6) is 5.75 Å². The summed E-state index contributed by atoms with van der Waals surface area (Å²) in [5, 5.41) is 10.4. The zero-order valence-corrected chi connectivity index (χ0v) is 15.4. The van der Waals surface area contributed by atoms with Crippen LogP contribution in [0.25, 0.3) is 0 Å². The lowest BCUT2D eigenvalue weighted by molar-refractivity contribution is 0.0182. The van der Waals surface area contributed by atoms with Crippen molar-refractivity contribution in [2.45, 2.75) is 39.2 Å². The highest BCUT2D eigenvalue weighted by molar-refractivity contribution is 6.42. The van der Waals surface area contributed by atoms with Crippen molar-refractivity contribution in [1.29, 1.82) is 0 Å². The largest absolute Gasteiger partial charge is 0.507 e. The third-order valence-electron chi connectivity index (χ3n) is 3.82. The van der Waals surface area contributed by atoms with Gasteiger partial charge in [-0.15, -0.1) is 0 Å². The second kappa shape index (κ2) is 7.19. The number of phenolic OH excluding ortho intramolecular Hbond substituents is 1. The molecule has 7 heteroatoms. The molecule has 1 amide bonds. The van der Waals surface area contributed by atoms with E-state index in [4.69, 9.17) is 27.9 Å². The van der Waals surface area contributed by atoms with Crippen LogP contribution in [0.2, 0.25) is 10.0 Å². The standard InChI is InChI=1S/C17H21Cl2NO4/c1-17(2,3)24-16(23)20-6-4-10(5-7-20)15(22)11-8-12(18)13(19)9-14(11)21/h8-10,21H,4-7H2,1-3H3. The van der Waals surface area contributed by atoms with E-state index in [0.717, 1.165) is 0 Å². The van der Waals surface area contributed by atoms with Gasteiger partial charge in [-0.3, -0.25) is 4.79 Å². The number of carbonyl (C=O) groups is 2. The molecule has 0 aliphatic carbocycles. The molecule has 132 valence electrons. The first kappa shape index (κ1) is 18.9. The Labute approximate surface area is 151 Å². The number of Topliss-reactive ketones (excluding diaryl/α,β-unsaturated/α-hetero) is 1. The van der Waals surface area contributed by atoms with Crippen molar-refractivity contribution in [3.8, 4) is 5.75 Å². The Kier molecular flexibility index (Phi) is 5.66. The van der Waals surface area contributed by atoms with E-state index >= 15 is 0 Å². The molecule has 1 aliphatic rings. The molecule has 0 atom stereocenters. The minimum Gasteiger partial charge on any atom is -0.507 e. The topological polar surface area (TPSA) is 66.8 Å². The molecule has 0 aromatic heterocycles. The first-order valence-corrected chi connectivity index (χ1v) is 8.54. The van der Waals surface area contributed by atoms with Crippen molar-refractivity contribution in [2.24, 2.45) is 5.92 Å². The van der Waals surface area contributed by atoms with Crippen molar-refractivity contribution >= 4 is 35.1 Å². The molecule has 0 spiro atoms. The number of aromatic hydroxyl groups is 1. The second-order valence-corrected chi connectivity index (χ2v) is 7.70. The summed E-state index contributed by atoms with van der Waals surface area (Å²) >= 11 is 11.8.